The summed E-state index contributed by atoms with van der Waals surface area (Å²) in [7, 11) is 0. The SMILES string of the molecule is NC1(c2ccc(-c3oc4ncc(Br)cc4c3-c3ccccc3)cc2)CCC1. The lowest BCUT2D eigenvalue weighted by Gasteiger charge is -2.38. The Hall–Kier alpha value is -2.43. The van der Waals surface area contributed by atoms with E-state index in [9.17, 15) is 0 Å². The predicted octanol–water partition coefficient (Wildman–Crippen LogP) is 6.26. The molecular formula is C23H19BrN2O. The van der Waals surface area contributed by atoms with Crippen LogP contribution in [0.1, 0.15) is 24.8 Å². The van der Waals surface area contributed by atoms with Crippen molar-refractivity contribution >= 4 is 27.0 Å². The molecule has 0 aliphatic heterocycles. The number of benzene rings is 2. The molecule has 0 spiro atoms. The molecule has 4 heteroatoms. The third kappa shape index (κ3) is 2.80. The third-order valence-electron chi connectivity index (χ3n) is 5.54. The second-order valence-corrected chi connectivity index (χ2v) is 8.18. The number of pyridine rings is 1. The zero-order valence-electron chi connectivity index (χ0n) is 14.8. The van der Waals surface area contributed by atoms with Gasteiger partial charge in [-0.25, -0.2) is 4.98 Å². The molecule has 0 bridgehead atoms. The number of nitrogens with zero attached hydrogens (tertiary/aromatic N) is 1. The van der Waals surface area contributed by atoms with Gasteiger partial charge >= 0.3 is 0 Å². The second kappa shape index (κ2) is 6.32. The molecular weight excluding hydrogens is 400 g/mol. The van der Waals surface area contributed by atoms with Gasteiger partial charge < -0.3 is 10.2 Å². The van der Waals surface area contributed by atoms with E-state index in [1.807, 2.05) is 18.2 Å². The van der Waals surface area contributed by atoms with E-state index in [0.717, 1.165) is 45.2 Å². The van der Waals surface area contributed by atoms with Crippen LogP contribution in [0, 0.1) is 0 Å². The normalized spacial score (nSPS) is 15.6. The van der Waals surface area contributed by atoms with Crippen molar-refractivity contribution in [3.8, 4) is 22.5 Å². The van der Waals surface area contributed by atoms with Gasteiger partial charge in [-0.3, -0.25) is 0 Å². The Morgan fingerprint density at radius 2 is 1.70 bits per heavy atom. The molecule has 4 aromatic rings. The van der Waals surface area contributed by atoms with Crippen molar-refractivity contribution < 1.29 is 4.42 Å². The number of rotatable bonds is 3. The van der Waals surface area contributed by atoms with Crippen molar-refractivity contribution in [2.45, 2.75) is 24.8 Å². The van der Waals surface area contributed by atoms with Gasteiger partial charge in [0.05, 0.1) is 0 Å². The highest BCUT2D eigenvalue weighted by atomic mass is 79.9. The highest BCUT2D eigenvalue weighted by Crippen LogP contribution is 2.43. The molecule has 0 amide bonds. The van der Waals surface area contributed by atoms with Crippen LogP contribution in [0.25, 0.3) is 33.6 Å². The fourth-order valence-electron chi connectivity index (χ4n) is 3.85. The zero-order valence-corrected chi connectivity index (χ0v) is 16.4. The summed E-state index contributed by atoms with van der Waals surface area (Å²) in [5.41, 5.74) is 11.4. The van der Waals surface area contributed by atoms with Crippen LogP contribution < -0.4 is 5.73 Å². The summed E-state index contributed by atoms with van der Waals surface area (Å²) < 4.78 is 7.13. The summed E-state index contributed by atoms with van der Waals surface area (Å²) in [6.45, 7) is 0. The fraction of sp³-hybridized carbons (Fsp3) is 0.174. The number of furan rings is 1. The van der Waals surface area contributed by atoms with Crippen molar-refractivity contribution in [1.82, 2.24) is 4.98 Å². The molecule has 2 heterocycles. The smallest absolute Gasteiger partial charge is 0.227 e. The molecule has 1 fully saturated rings. The lowest BCUT2D eigenvalue weighted by Crippen LogP contribution is -2.43. The van der Waals surface area contributed by atoms with E-state index in [1.165, 1.54) is 12.0 Å². The van der Waals surface area contributed by atoms with Crippen molar-refractivity contribution in [2.24, 2.45) is 5.73 Å². The lowest BCUT2D eigenvalue weighted by molar-refractivity contribution is 0.253. The quantitative estimate of drug-likeness (QED) is 0.426. The van der Waals surface area contributed by atoms with E-state index in [2.05, 4.69) is 63.4 Å². The van der Waals surface area contributed by atoms with E-state index in [4.69, 9.17) is 10.2 Å². The number of hydrogen-bond acceptors (Lipinski definition) is 3. The maximum atomic E-state index is 6.47. The number of aromatic nitrogens is 1. The van der Waals surface area contributed by atoms with Gasteiger partial charge in [0, 0.05) is 32.7 Å². The van der Waals surface area contributed by atoms with E-state index in [0.29, 0.717) is 5.71 Å². The Labute approximate surface area is 166 Å². The molecule has 1 aliphatic carbocycles. The molecule has 3 nitrogen and oxygen atoms in total. The first-order valence-electron chi connectivity index (χ1n) is 9.17. The maximum absolute atomic E-state index is 6.47. The molecule has 0 atom stereocenters. The monoisotopic (exact) mass is 418 g/mol. The Morgan fingerprint density at radius 1 is 0.963 bits per heavy atom. The summed E-state index contributed by atoms with van der Waals surface area (Å²) in [5, 5.41) is 1.00. The molecule has 2 N–H and O–H groups in total. The molecule has 0 unspecified atom stereocenters. The predicted molar refractivity (Wildman–Crippen MR) is 112 cm³/mol. The Morgan fingerprint density at radius 3 is 2.37 bits per heavy atom. The van der Waals surface area contributed by atoms with Crippen molar-refractivity contribution in [2.75, 3.05) is 0 Å². The number of nitrogens with two attached hydrogens (primary N) is 1. The number of hydrogen-bond donors (Lipinski definition) is 1. The molecule has 27 heavy (non-hydrogen) atoms. The maximum Gasteiger partial charge on any atom is 0.227 e. The van der Waals surface area contributed by atoms with Gasteiger partial charge in [0.1, 0.15) is 5.76 Å². The highest BCUT2D eigenvalue weighted by molar-refractivity contribution is 9.10. The Bertz CT molecular complexity index is 1110. The summed E-state index contributed by atoms with van der Waals surface area (Å²) in [5.74, 6) is 0.841. The van der Waals surface area contributed by atoms with Gasteiger partial charge in [-0.05, 0) is 52.4 Å². The van der Waals surface area contributed by atoms with E-state index >= 15 is 0 Å². The van der Waals surface area contributed by atoms with Crippen molar-refractivity contribution in [3.05, 3.63) is 76.9 Å². The fourth-order valence-corrected chi connectivity index (χ4v) is 4.18. The first-order chi connectivity index (χ1) is 13.1. The van der Waals surface area contributed by atoms with Crippen LogP contribution in [0.4, 0.5) is 0 Å². The number of halogens is 1. The van der Waals surface area contributed by atoms with Crippen molar-refractivity contribution in [1.29, 1.82) is 0 Å². The van der Waals surface area contributed by atoms with Gasteiger partial charge in [-0.1, -0.05) is 54.6 Å². The molecule has 2 aromatic carbocycles. The standard InChI is InChI=1S/C23H19BrN2O/c24-18-13-19-20(15-5-2-1-3-6-15)21(27-22(19)26-14-18)16-7-9-17(10-8-16)23(25)11-4-12-23/h1-3,5-10,13-14H,4,11-12,25H2. The minimum absolute atomic E-state index is 0.152. The second-order valence-electron chi connectivity index (χ2n) is 7.27. The average molecular weight is 419 g/mol. The van der Waals surface area contributed by atoms with Crippen LogP contribution in [0.15, 0.2) is 75.8 Å². The minimum Gasteiger partial charge on any atom is -0.437 e. The first kappa shape index (κ1) is 16.7. The molecule has 1 saturated carbocycles. The average Bonchev–Trinajstić information content (AvgIpc) is 3.05. The van der Waals surface area contributed by atoms with E-state index in [1.54, 1.807) is 6.20 Å². The van der Waals surface area contributed by atoms with Crippen LogP contribution in [-0.2, 0) is 5.54 Å². The topological polar surface area (TPSA) is 52.0 Å². The summed E-state index contributed by atoms with van der Waals surface area (Å²) in [6, 6.07) is 20.9. The van der Waals surface area contributed by atoms with Gasteiger partial charge in [-0.2, -0.15) is 0 Å². The van der Waals surface area contributed by atoms with Gasteiger partial charge in [0.15, 0.2) is 0 Å². The zero-order chi connectivity index (χ0) is 18.4. The van der Waals surface area contributed by atoms with Crippen LogP contribution in [0.5, 0.6) is 0 Å². The summed E-state index contributed by atoms with van der Waals surface area (Å²) in [6.07, 6.45) is 5.09. The molecule has 1 aliphatic rings. The third-order valence-corrected chi connectivity index (χ3v) is 5.98. The molecule has 0 radical (unpaired) electrons. The highest BCUT2D eigenvalue weighted by Gasteiger charge is 2.34. The summed E-state index contributed by atoms with van der Waals surface area (Å²) >= 11 is 3.53. The van der Waals surface area contributed by atoms with Crippen LogP contribution in [0.2, 0.25) is 0 Å². The van der Waals surface area contributed by atoms with Crippen molar-refractivity contribution in [3.63, 3.8) is 0 Å². The van der Waals surface area contributed by atoms with Gasteiger partial charge in [-0.15, -0.1) is 0 Å². The lowest BCUT2D eigenvalue weighted by atomic mass is 9.72. The van der Waals surface area contributed by atoms with E-state index in [-0.39, 0.29) is 5.54 Å². The molecule has 0 saturated heterocycles. The largest absolute Gasteiger partial charge is 0.437 e. The van der Waals surface area contributed by atoms with Crippen LogP contribution in [0.3, 0.4) is 0 Å². The Kier molecular flexibility index (Phi) is 3.92. The molecule has 2 aromatic heterocycles. The van der Waals surface area contributed by atoms with E-state index < -0.39 is 0 Å². The molecule has 134 valence electrons. The van der Waals surface area contributed by atoms with Crippen LogP contribution >= 0.6 is 15.9 Å². The first-order valence-corrected chi connectivity index (χ1v) is 9.97. The van der Waals surface area contributed by atoms with Gasteiger partial charge in [0.25, 0.3) is 0 Å². The Balaban J connectivity index is 1.69. The molecule has 5 rings (SSSR count). The minimum atomic E-state index is -0.152. The van der Waals surface area contributed by atoms with Gasteiger partial charge in [0.2, 0.25) is 5.71 Å². The van der Waals surface area contributed by atoms with Crippen LogP contribution in [-0.4, -0.2) is 4.98 Å². The number of fused-ring (bicyclic) bond motifs is 1. The summed E-state index contributed by atoms with van der Waals surface area (Å²) in [4.78, 5) is 4.46.